The third-order valence-electron chi connectivity index (χ3n) is 4.45. The van der Waals surface area contributed by atoms with Gasteiger partial charge in [-0.3, -0.25) is 9.59 Å². The minimum absolute atomic E-state index is 0.205. The first-order chi connectivity index (χ1) is 15.2. The lowest BCUT2D eigenvalue weighted by molar-refractivity contribution is -0.137. The molecule has 2 aromatic rings. The molecule has 2 N–H and O–H groups in total. The topological polar surface area (TPSA) is 92.2 Å². The molecule has 0 saturated carbocycles. The lowest BCUT2D eigenvalue weighted by Gasteiger charge is -2.14. The summed E-state index contributed by atoms with van der Waals surface area (Å²) in [4.78, 5) is 24.4. The van der Waals surface area contributed by atoms with E-state index in [-0.39, 0.29) is 17.3 Å². The Morgan fingerprint density at radius 2 is 1.88 bits per heavy atom. The number of methoxy groups -OCH3 is 1. The Balaban J connectivity index is 1.63. The highest BCUT2D eigenvalue weighted by atomic mass is 32.2. The van der Waals surface area contributed by atoms with Crippen molar-refractivity contribution in [1.29, 1.82) is 0 Å². The maximum Gasteiger partial charge on any atom is 0.418 e. The fourth-order valence-corrected chi connectivity index (χ4v) is 3.72. The van der Waals surface area contributed by atoms with Gasteiger partial charge in [-0.2, -0.15) is 18.3 Å². The summed E-state index contributed by atoms with van der Waals surface area (Å²) < 4.78 is 44.3. The Bertz CT molecular complexity index is 1070. The van der Waals surface area contributed by atoms with E-state index in [1.165, 1.54) is 12.1 Å². The van der Waals surface area contributed by atoms with Crippen LogP contribution in [0.15, 0.2) is 58.7 Å². The van der Waals surface area contributed by atoms with Crippen LogP contribution >= 0.6 is 11.8 Å². The zero-order valence-corrected chi connectivity index (χ0v) is 17.9. The zero-order chi connectivity index (χ0) is 23.3. The van der Waals surface area contributed by atoms with E-state index in [1.54, 1.807) is 26.2 Å². The normalized spacial score (nSPS) is 17.9. The first-order valence-corrected chi connectivity index (χ1v) is 10.3. The van der Waals surface area contributed by atoms with Crippen LogP contribution in [0, 0.1) is 0 Å². The van der Waals surface area contributed by atoms with Gasteiger partial charge >= 0.3 is 6.18 Å². The summed E-state index contributed by atoms with van der Waals surface area (Å²) in [6, 6.07) is 11.8. The highest BCUT2D eigenvalue weighted by molar-refractivity contribution is 8.15. The van der Waals surface area contributed by atoms with Crippen molar-refractivity contribution in [3.05, 3.63) is 59.7 Å². The summed E-state index contributed by atoms with van der Waals surface area (Å²) in [5, 5.41) is 12.2. The van der Waals surface area contributed by atoms with Crippen LogP contribution in [0.25, 0.3) is 0 Å². The third kappa shape index (κ3) is 5.88. The van der Waals surface area contributed by atoms with Crippen LogP contribution in [0.1, 0.15) is 24.5 Å². The highest BCUT2D eigenvalue weighted by Crippen LogP contribution is 2.34. The van der Waals surface area contributed by atoms with Crippen molar-refractivity contribution in [3.8, 4) is 5.75 Å². The van der Waals surface area contributed by atoms with Crippen molar-refractivity contribution >= 4 is 40.1 Å². The summed E-state index contributed by atoms with van der Waals surface area (Å²) in [5.74, 6) is -0.482. The average Bonchev–Trinajstić information content (AvgIpc) is 3.10. The summed E-state index contributed by atoms with van der Waals surface area (Å²) >= 11 is 0.990. The molecule has 2 aromatic carbocycles. The summed E-state index contributed by atoms with van der Waals surface area (Å²) in [5.41, 5.74) is 0.0909. The second-order valence-corrected chi connectivity index (χ2v) is 7.90. The predicted molar refractivity (Wildman–Crippen MR) is 117 cm³/mol. The van der Waals surface area contributed by atoms with Gasteiger partial charge in [0.25, 0.3) is 0 Å². The summed E-state index contributed by atoms with van der Waals surface area (Å²) in [7, 11) is 1.56. The van der Waals surface area contributed by atoms with Crippen LogP contribution in [-0.4, -0.2) is 35.1 Å². The SMILES string of the molecule is COc1ccc(C(C)=NN=C2NC(=O)[C@@H](CC(=O)Nc3ccccc3C(F)(F)F)S2)cc1. The van der Waals surface area contributed by atoms with Gasteiger partial charge in [0.2, 0.25) is 11.8 Å². The number of anilines is 1. The average molecular weight is 464 g/mol. The van der Waals surface area contributed by atoms with E-state index in [9.17, 15) is 22.8 Å². The van der Waals surface area contributed by atoms with Gasteiger partial charge in [0.15, 0.2) is 5.17 Å². The molecule has 32 heavy (non-hydrogen) atoms. The van der Waals surface area contributed by atoms with Gasteiger partial charge in [0.05, 0.1) is 24.1 Å². The minimum atomic E-state index is -4.61. The number of ether oxygens (including phenoxy) is 1. The Labute approximate surface area is 186 Å². The summed E-state index contributed by atoms with van der Waals surface area (Å²) in [6.45, 7) is 1.75. The molecule has 7 nitrogen and oxygen atoms in total. The van der Waals surface area contributed by atoms with Crippen LogP contribution < -0.4 is 15.4 Å². The van der Waals surface area contributed by atoms with Crippen molar-refractivity contribution < 1.29 is 27.5 Å². The van der Waals surface area contributed by atoms with Crippen LogP contribution in [0.2, 0.25) is 0 Å². The molecule has 0 aromatic heterocycles. The number of hydrogen-bond acceptors (Lipinski definition) is 6. The van der Waals surface area contributed by atoms with Gasteiger partial charge in [0, 0.05) is 6.42 Å². The van der Waals surface area contributed by atoms with Crippen LogP contribution in [0.4, 0.5) is 18.9 Å². The quantitative estimate of drug-likeness (QED) is 0.498. The fourth-order valence-electron chi connectivity index (χ4n) is 2.81. The van der Waals surface area contributed by atoms with E-state index in [0.29, 0.717) is 11.5 Å². The lowest BCUT2D eigenvalue weighted by atomic mass is 10.1. The monoisotopic (exact) mass is 464 g/mol. The maximum absolute atomic E-state index is 13.1. The number of amides is 2. The minimum Gasteiger partial charge on any atom is -0.497 e. The van der Waals surface area contributed by atoms with Gasteiger partial charge in [-0.25, -0.2) is 0 Å². The number of hydrogen-bond donors (Lipinski definition) is 2. The Hall–Kier alpha value is -3.34. The Kier molecular flexibility index (Phi) is 7.18. The van der Waals surface area contributed by atoms with Gasteiger partial charge in [-0.1, -0.05) is 23.9 Å². The number of rotatable bonds is 6. The van der Waals surface area contributed by atoms with Crippen molar-refractivity contribution in [2.75, 3.05) is 12.4 Å². The van der Waals surface area contributed by atoms with Gasteiger partial charge in [-0.15, -0.1) is 5.10 Å². The maximum atomic E-state index is 13.1. The number of amidine groups is 1. The second kappa shape index (κ2) is 9.86. The Morgan fingerprint density at radius 3 is 2.53 bits per heavy atom. The van der Waals surface area contributed by atoms with E-state index in [4.69, 9.17) is 4.74 Å². The van der Waals surface area contributed by atoms with E-state index in [0.717, 1.165) is 29.5 Å². The fraction of sp³-hybridized carbons (Fsp3) is 0.238. The third-order valence-corrected chi connectivity index (χ3v) is 5.52. The molecule has 3 rings (SSSR count). The molecule has 1 aliphatic heterocycles. The number of carbonyl (C=O) groups is 2. The molecule has 2 amide bonds. The molecular weight excluding hydrogens is 445 g/mol. The molecule has 0 radical (unpaired) electrons. The molecule has 0 aliphatic carbocycles. The van der Waals surface area contributed by atoms with Gasteiger partial charge < -0.3 is 15.4 Å². The van der Waals surface area contributed by atoms with Crippen LogP contribution in [-0.2, 0) is 15.8 Å². The number of nitrogens with one attached hydrogen (secondary N) is 2. The van der Waals surface area contributed by atoms with Crippen LogP contribution in [0.3, 0.4) is 0 Å². The number of thioether (sulfide) groups is 1. The van der Waals surface area contributed by atoms with Gasteiger partial charge in [-0.05, 0) is 48.9 Å². The molecule has 11 heteroatoms. The molecule has 0 spiro atoms. The van der Waals surface area contributed by atoms with Crippen molar-refractivity contribution in [1.82, 2.24) is 5.32 Å². The number of halogens is 3. The number of alkyl halides is 3. The number of nitrogens with zero attached hydrogens (tertiary/aromatic N) is 2. The lowest BCUT2D eigenvalue weighted by Crippen LogP contribution is -2.28. The standard InChI is InChI=1S/C21H19F3N4O3S/c1-12(13-7-9-14(31-2)10-8-13)27-28-20-26-19(30)17(32-20)11-18(29)25-16-6-4-3-5-15(16)21(22,23)24/h3-10,17H,11H2,1-2H3,(H,25,29)(H,26,28,30)/t17-/m1/s1. The molecule has 1 fully saturated rings. The Morgan fingerprint density at radius 1 is 1.19 bits per heavy atom. The molecule has 1 heterocycles. The van der Waals surface area contributed by atoms with E-state index in [2.05, 4.69) is 20.8 Å². The second-order valence-electron chi connectivity index (χ2n) is 6.71. The van der Waals surface area contributed by atoms with E-state index in [1.807, 2.05) is 12.1 Å². The first kappa shape index (κ1) is 23.3. The number of para-hydroxylation sites is 1. The molecule has 0 unspecified atom stereocenters. The van der Waals surface area contributed by atoms with Crippen molar-refractivity contribution in [2.24, 2.45) is 10.2 Å². The molecule has 1 saturated heterocycles. The molecular formula is C21H19F3N4O3S. The zero-order valence-electron chi connectivity index (χ0n) is 17.1. The molecule has 1 aliphatic rings. The van der Waals surface area contributed by atoms with Gasteiger partial charge in [0.1, 0.15) is 11.0 Å². The van der Waals surface area contributed by atoms with E-state index < -0.39 is 28.8 Å². The highest BCUT2D eigenvalue weighted by Gasteiger charge is 2.35. The van der Waals surface area contributed by atoms with Crippen LogP contribution in [0.5, 0.6) is 5.75 Å². The van der Waals surface area contributed by atoms with Crippen molar-refractivity contribution in [3.63, 3.8) is 0 Å². The van der Waals surface area contributed by atoms with Crippen molar-refractivity contribution in [2.45, 2.75) is 24.8 Å². The molecule has 0 bridgehead atoms. The smallest absolute Gasteiger partial charge is 0.418 e. The largest absolute Gasteiger partial charge is 0.497 e. The van der Waals surface area contributed by atoms with E-state index >= 15 is 0 Å². The number of benzene rings is 2. The summed E-state index contributed by atoms with van der Waals surface area (Å²) in [6.07, 6.45) is -4.92. The predicted octanol–water partition coefficient (Wildman–Crippen LogP) is 4.05. The molecule has 168 valence electrons. The first-order valence-electron chi connectivity index (χ1n) is 9.37. The molecule has 1 atom stereocenters. The number of carbonyl (C=O) groups excluding carboxylic acids is 2.